The molecule has 3 aliphatic rings. The summed E-state index contributed by atoms with van der Waals surface area (Å²) in [6.45, 7) is 5.74. The van der Waals surface area contributed by atoms with Crippen molar-refractivity contribution in [3.8, 4) is 11.8 Å². The van der Waals surface area contributed by atoms with E-state index in [1.165, 1.54) is 16.5 Å². The van der Waals surface area contributed by atoms with E-state index in [-0.39, 0.29) is 36.6 Å². The second-order valence-corrected chi connectivity index (χ2v) is 11.2. The van der Waals surface area contributed by atoms with Gasteiger partial charge in [-0.3, -0.25) is 24.6 Å². The Kier molecular flexibility index (Phi) is 7.82. The number of carbonyl (C=O) groups excluding carboxylic acids is 3. The highest BCUT2D eigenvalue weighted by atomic mass is 19.1. The number of piperidine rings is 1. The van der Waals surface area contributed by atoms with Gasteiger partial charge in [-0.25, -0.2) is 4.39 Å². The fraction of sp³-hybridized carbons (Fsp3) is 0.333. The number of hydrogen-bond donors (Lipinski definition) is 1. The standard InChI is InChI=1S/C33H32FN5O4/c1-21(37-13-15-38(16-14-37)28-10-7-23(18-35)17-27(28)34)24-8-5-22(6-9-24)20-43-30-4-2-3-25-26(30)19-39(33(25)42)29-11-12-31(40)36-32(29)41/h2-10,17,21,29H,11-16,19-20H2,1H3,(H,36,40,41)/t21-,29+/m1/s1. The molecule has 0 spiro atoms. The molecule has 2 fully saturated rings. The van der Waals surface area contributed by atoms with Crippen molar-refractivity contribution in [3.63, 3.8) is 0 Å². The molecule has 43 heavy (non-hydrogen) atoms. The van der Waals surface area contributed by atoms with Gasteiger partial charge in [-0.1, -0.05) is 30.3 Å². The first-order chi connectivity index (χ1) is 20.8. The van der Waals surface area contributed by atoms with E-state index >= 15 is 0 Å². The summed E-state index contributed by atoms with van der Waals surface area (Å²) in [5.41, 5.74) is 4.29. The Morgan fingerprint density at radius 2 is 1.81 bits per heavy atom. The molecule has 0 saturated carbocycles. The van der Waals surface area contributed by atoms with Crippen LogP contribution in [0.25, 0.3) is 0 Å². The van der Waals surface area contributed by atoms with Gasteiger partial charge in [0, 0.05) is 49.8 Å². The zero-order chi connectivity index (χ0) is 30.1. The van der Waals surface area contributed by atoms with E-state index < -0.39 is 11.9 Å². The zero-order valence-electron chi connectivity index (χ0n) is 23.9. The molecule has 1 N–H and O–H groups in total. The molecule has 0 unspecified atom stereocenters. The molecule has 0 aliphatic carbocycles. The molecule has 3 aromatic carbocycles. The van der Waals surface area contributed by atoms with Gasteiger partial charge in [0.25, 0.3) is 5.91 Å². The number of imide groups is 1. The van der Waals surface area contributed by atoms with Crippen LogP contribution in [0.15, 0.2) is 60.7 Å². The van der Waals surface area contributed by atoms with Crippen LogP contribution in [0.4, 0.5) is 10.1 Å². The number of rotatable bonds is 7. The largest absolute Gasteiger partial charge is 0.489 e. The fourth-order valence-electron chi connectivity index (χ4n) is 6.14. The molecule has 3 aliphatic heterocycles. The molecule has 0 bridgehead atoms. The summed E-state index contributed by atoms with van der Waals surface area (Å²) in [5, 5.41) is 11.3. The number of carbonyl (C=O) groups is 3. The molecule has 220 valence electrons. The van der Waals surface area contributed by atoms with Gasteiger partial charge in [-0.15, -0.1) is 0 Å². The van der Waals surface area contributed by atoms with Crippen molar-refractivity contribution < 1.29 is 23.5 Å². The van der Waals surface area contributed by atoms with Gasteiger partial charge in [-0.05, 0) is 54.8 Å². The second-order valence-electron chi connectivity index (χ2n) is 11.2. The lowest BCUT2D eigenvalue weighted by molar-refractivity contribution is -0.136. The van der Waals surface area contributed by atoms with Crippen molar-refractivity contribution in [1.82, 2.24) is 15.1 Å². The normalized spacial score (nSPS) is 19.6. The predicted molar refractivity (Wildman–Crippen MR) is 157 cm³/mol. The number of ether oxygens (including phenoxy) is 1. The highest BCUT2D eigenvalue weighted by Gasteiger charge is 2.40. The summed E-state index contributed by atoms with van der Waals surface area (Å²) >= 11 is 0. The van der Waals surface area contributed by atoms with Crippen LogP contribution in [0.3, 0.4) is 0 Å². The number of benzene rings is 3. The van der Waals surface area contributed by atoms with Crippen LogP contribution >= 0.6 is 0 Å². The minimum atomic E-state index is -0.667. The summed E-state index contributed by atoms with van der Waals surface area (Å²) in [7, 11) is 0. The van der Waals surface area contributed by atoms with Crippen molar-refractivity contribution in [2.24, 2.45) is 0 Å². The second kappa shape index (κ2) is 11.9. The topological polar surface area (TPSA) is 106 Å². The van der Waals surface area contributed by atoms with E-state index in [1.807, 2.05) is 29.2 Å². The smallest absolute Gasteiger partial charge is 0.255 e. The number of hydrogen-bond acceptors (Lipinski definition) is 7. The molecule has 10 heteroatoms. The van der Waals surface area contributed by atoms with Gasteiger partial charge in [0.15, 0.2) is 0 Å². The highest BCUT2D eigenvalue weighted by Crippen LogP contribution is 2.34. The minimum Gasteiger partial charge on any atom is -0.489 e. The molecular formula is C33H32FN5O4. The lowest BCUT2D eigenvalue weighted by atomic mass is 10.0. The van der Waals surface area contributed by atoms with Gasteiger partial charge in [0.2, 0.25) is 11.8 Å². The summed E-state index contributed by atoms with van der Waals surface area (Å²) in [5.74, 6) is -0.729. The molecular weight excluding hydrogens is 549 g/mol. The maximum atomic E-state index is 14.5. The molecule has 0 radical (unpaired) electrons. The molecule has 2 atom stereocenters. The zero-order valence-corrected chi connectivity index (χ0v) is 23.9. The monoisotopic (exact) mass is 581 g/mol. The SMILES string of the molecule is C[C@H](c1ccc(COc2cccc3c2CN([C@H]2CCC(=O)NC2=O)C3=O)cc1)N1CCN(c2ccc(C#N)cc2F)CC1. The molecule has 6 rings (SSSR count). The number of anilines is 1. The molecule has 3 aromatic rings. The van der Waals surface area contributed by atoms with Crippen molar-refractivity contribution in [1.29, 1.82) is 5.26 Å². The third kappa shape index (κ3) is 5.68. The van der Waals surface area contributed by atoms with Crippen LogP contribution < -0.4 is 15.0 Å². The molecule has 3 heterocycles. The van der Waals surface area contributed by atoms with Crippen LogP contribution in [0.2, 0.25) is 0 Å². The first-order valence-corrected chi connectivity index (χ1v) is 14.5. The van der Waals surface area contributed by atoms with Gasteiger partial charge in [0.05, 0.1) is 23.9 Å². The van der Waals surface area contributed by atoms with Crippen LogP contribution in [-0.4, -0.2) is 59.7 Å². The molecule has 9 nitrogen and oxygen atoms in total. The summed E-state index contributed by atoms with van der Waals surface area (Å²) in [6.07, 6.45) is 0.528. The van der Waals surface area contributed by atoms with Crippen molar-refractivity contribution in [2.45, 2.75) is 45.0 Å². The number of nitrogens with zero attached hydrogens (tertiary/aromatic N) is 4. The Morgan fingerprint density at radius 1 is 1.05 bits per heavy atom. The van der Waals surface area contributed by atoms with Crippen molar-refractivity contribution >= 4 is 23.4 Å². The maximum absolute atomic E-state index is 14.5. The van der Waals surface area contributed by atoms with Crippen LogP contribution in [-0.2, 0) is 22.7 Å². The fourth-order valence-corrected chi connectivity index (χ4v) is 6.14. The van der Waals surface area contributed by atoms with Gasteiger partial charge in [0.1, 0.15) is 24.2 Å². The third-order valence-electron chi connectivity index (χ3n) is 8.68. The third-order valence-corrected chi connectivity index (χ3v) is 8.68. The van der Waals surface area contributed by atoms with Gasteiger partial charge in [-0.2, -0.15) is 5.26 Å². The first kappa shape index (κ1) is 28.4. The van der Waals surface area contributed by atoms with E-state index in [0.29, 0.717) is 48.7 Å². The van der Waals surface area contributed by atoms with Gasteiger partial charge >= 0.3 is 0 Å². The Balaban J connectivity index is 1.05. The number of amides is 3. The average Bonchev–Trinajstić information content (AvgIpc) is 3.36. The van der Waals surface area contributed by atoms with Crippen LogP contribution in [0, 0.1) is 17.1 Å². The van der Waals surface area contributed by atoms with Gasteiger partial charge < -0.3 is 14.5 Å². The van der Waals surface area contributed by atoms with E-state index in [9.17, 15) is 18.8 Å². The summed E-state index contributed by atoms with van der Waals surface area (Å²) in [4.78, 5) is 42.9. The van der Waals surface area contributed by atoms with Crippen LogP contribution in [0.5, 0.6) is 5.75 Å². The number of fused-ring (bicyclic) bond motifs is 1. The highest BCUT2D eigenvalue weighted by molar-refractivity contribution is 6.05. The summed E-state index contributed by atoms with van der Waals surface area (Å²) in [6, 6.07) is 19.7. The van der Waals surface area contributed by atoms with E-state index in [2.05, 4.69) is 29.3 Å². The van der Waals surface area contributed by atoms with Crippen molar-refractivity contribution in [3.05, 3.63) is 94.3 Å². The Labute approximate surface area is 249 Å². The average molecular weight is 582 g/mol. The Bertz CT molecular complexity index is 1610. The maximum Gasteiger partial charge on any atom is 0.255 e. The first-order valence-electron chi connectivity index (χ1n) is 14.5. The summed E-state index contributed by atoms with van der Waals surface area (Å²) < 4.78 is 20.7. The Hall–Kier alpha value is -4.75. The van der Waals surface area contributed by atoms with Crippen LogP contribution in [0.1, 0.15) is 58.4 Å². The minimum absolute atomic E-state index is 0.185. The van der Waals surface area contributed by atoms with E-state index in [0.717, 1.165) is 24.2 Å². The lowest BCUT2D eigenvalue weighted by Gasteiger charge is -2.39. The number of halogens is 1. The number of nitriles is 1. The molecule has 3 amide bonds. The van der Waals surface area contributed by atoms with E-state index in [4.69, 9.17) is 10.00 Å². The Morgan fingerprint density at radius 3 is 2.51 bits per heavy atom. The van der Waals surface area contributed by atoms with Crippen molar-refractivity contribution in [2.75, 3.05) is 31.1 Å². The molecule has 0 aromatic heterocycles. The number of nitrogens with one attached hydrogen (secondary N) is 1. The lowest BCUT2D eigenvalue weighted by Crippen LogP contribution is -2.52. The predicted octanol–water partition coefficient (Wildman–Crippen LogP) is 3.92. The number of piperazine rings is 1. The quantitative estimate of drug-likeness (QED) is 0.422. The van der Waals surface area contributed by atoms with E-state index in [1.54, 1.807) is 24.3 Å². The molecule has 2 saturated heterocycles.